The number of nitrogens with zero attached hydrogens (tertiary/aromatic N) is 1. The van der Waals surface area contributed by atoms with Gasteiger partial charge >= 0.3 is 0 Å². The molecule has 2 rings (SSSR count). The monoisotopic (exact) mass is 353 g/mol. The Morgan fingerprint density at radius 3 is 2.00 bits per heavy atom. The molecule has 5 nitrogen and oxygen atoms in total. The van der Waals surface area contributed by atoms with Gasteiger partial charge in [-0.15, -0.1) is 11.6 Å². The zero-order valence-corrected chi connectivity index (χ0v) is 14.6. The maximum Gasteiger partial charge on any atom is 0.261 e. The van der Waals surface area contributed by atoms with Crippen LogP contribution in [-0.2, 0) is 9.47 Å². The summed E-state index contributed by atoms with van der Waals surface area (Å²) >= 11 is 5.61. The third-order valence-corrected chi connectivity index (χ3v) is 4.15. The molecular formula is C18H24ClNO4. The van der Waals surface area contributed by atoms with Crippen LogP contribution in [0.5, 0.6) is 0 Å². The first-order chi connectivity index (χ1) is 11.8. The average Bonchev–Trinajstić information content (AvgIpc) is 2.84. The number of carbonyl (C=O) groups excluding carboxylic acids is 2. The summed E-state index contributed by atoms with van der Waals surface area (Å²) in [6, 6.07) is 6.88. The number of rotatable bonds is 12. The van der Waals surface area contributed by atoms with Crippen LogP contribution < -0.4 is 0 Å². The van der Waals surface area contributed by atoms with Gasteiger partial charge in [0.05, 0.1) is 37.5 Å². The predicted octanol–water partition coefficient (Wildman–Crippen LogP) is 3.12. The zero-order chi connectivity index (χ0) is 17.2. The fraction of sp³-hybridized carbons (Fsp3) is 0.556. The highest BCUT2D eigenvalue weighted by molar-refractivity contribution is 6.21. The van der Waals surface area contributed by atoms with Crippen LogP contribution in [0.2, 0.25) is 0 Å². The molecule has 1 aromatic rings. The van der Waals surface area contributed by atoms with Gasteiger partial charge in [-0.3, -0.25) is 14.5 Å². The van der Waals surface area contributed by atoms with Crippen molar-refractivity contribution < 1.29 is 19.1 Å². The van der Waals surface area contributed by atoms with E-state index in [0.29, 0.717) is 30.9 Å². The summed E-state index contributed by atoms with van der Waals surface area (Å²) in [5.41, 5.74) is 0.944. The molecule has 0 saturated heterocycles. The van der Waals surface area contributed by atoms with Crippen LogP contribution in [0, 0.1) is 0 Å². The number of fused-ring (bicyclic) bond motifs is 1. The molecule has 0 atom stereocenters. The number of carbonyl (C=O) groups is 2. The van der Waals surface area contributed by atoms with Gasteiger partial charge in [-0.2, -0.15) is 0 Å². The Kier molecular flexibility index (Phi) is 8.22. The number of amides is 2. The first kappa shape index (κ1) is 18.9. The number of benzene rings is 1. The van der Waals surface area contributed by atoms with Gasteiger partial charge < -0.3 is 9.47 Å². The van der Waals surface area contributed by atoms with E-state index < -0.39 is 0 Å². The molecule has 24 heavy (non-hydrogen) atoms. The van der Waals surface area contributed by atoms with E-state index in [1.54, 1.807) is 24.3 Å². The standard InChI is InChI=1S/C18H24ClNO4/c19-9-5-1-2-6-11-23-13-14-24-12-10-20-17(21)15-7-3-4-8-16(15)18(20)22/h3-4,7-8H,1-2,5-6,9-14H2. The Hall–Kier alpha value is -1.43. The molecule has 132 valence electrons. The van der Waals surface area contributed by atoms with Crippen LogP contribution in [-0.4, -0.2) is 55.6 Å². The van der Waals surface area contributed by atoms with E-state index in [2.05, 4.69) is 0 Å². The SMILES string of the molecule is O=C1c2ccccc2C(=O)N1CCOCCOCCCCCCCl. The Balaban J connectivity index is 1.53. The lowest BCUT2D eigenvalue weighted by atomic mass is 10.1. The van der Waals surface area contributed by atoms with Gasteiger partial charge in [0, 0.05) is 12.5 Å². The lowest BCUT2D eigenvalue weighted by Gasteiger charge is -2.13. The second-order valence-electron chi connectivity index (χ2n) is 5.64. The summed E-state index contributed by atoms with van der Waals surface area (Å²) in [7, 11) is 0. The van der Waals surface area contributed by atoms with Crippen molar-refractivity contribution in [2.45, 2.75) is 25.7 Å². The van der Waals surface area contributed by atoms with Crippen LogP contribution in [0.1, 0.15) is 46.4 Å². The van der Waals surface area contributed by atoms with Gasteiger partial charge in [-0.1, -0.05) is 25.0 Å². The highest BCUT2D eigenvalue weighted by Gasteiger charge is 2.34. The maximum absolute atomic E-state index is 12.1. The van der Waals surface area contributed by atoms with E-state index in [1.807, 2.05) is 0 Å². The molecule has 0 aliphatic carbocycles. The van der Waals surface area contributed by atoms with Crippen molar-refractivity contribution in [3.63, 3.8) is 0 Å². The first-order valence-electron chi connectivity index (χ1n) is 8.42. The number of hydrogen-bond donors (Lipinski definition) is 0. The second-order valence-corrected chi connectivity index (χ2v) is 6.01. The highest BCUT2D eigenvalue weighted by atomic mass is 35.5. The molecule has 0 saturated carbocycles. The van der Waals surface area contributed by atoms with Crippen LogP contribution in [0.4, 0.5) is 0 Å². The van der Waals surface area contributed by atoms with Gasteiger partial charge in [0.15, 0.2) is 0 Å². The Morgan fingerprint density at radius 2 is 1.38 bits per heavy atom. The number of imide groups is 1. The third-order valence-electron chi connectivity index (χ3n) is 3.88. The van der Waals surface area contributed by atoms with Gasteiger partial charge in [0.25, 0.3) is 11.8 Å². The summed E-state index contributed by atoms with van der Waals surface area (Å²) in [5, 5.41) is 0. The Labute approximate surface area is 147 Å². The summed E-state index contributed by atoms with van der Waals surface area (Å²) in [4.78, 5) is 25.5. The van der Waals surface area contributed by atoms with Crippen molar-refractivity contribution >= 4 is 23.4 Å². The molecule has 0 N–H and O–H groups in total. The fourth-order valence-corrected chi connectivity index (χ4v) is 2.76. The van der Waals surface area contributed by atoms with Gasteiger partial charge in [-0.05, 0) is 25.0 Å². The van der Waals surface area contributed by atoms with E-state index in [9.17, 15) is 9.59 Å². The third kappa shape index (κ3) is 5.30. The number of alkyl halides is 1. The molecule has 0 fully saturated rings. The summed E-state index contributed by atoms with van der Waals surface area (Å²) in [5.74, 6) is 0.238. The average molecular weight is 354 g/mol. The van der Waals surface area contributed by atoms with Crippen molar-refractivity contribution in [2.75, 3.05) is 38.9 Å². The van der Waals surface area contributed by atoms with E-state index in [0.717, 1.165) is 38.2 Å². The number of ether oxygens (including phenoxy) is 2. The Morgan fingerprint density at radius 1 is 0.792 bits per heavy atom. The lowest BCUT2D eigenvalue weighted by Crippen LogP contribution is -2.33. The molecule has 1 aromatic carbocycles. The van der Waals surface area contributed by atoms with Crippen LogP contribution in [0.3, 0.4) is 0 Å². The van der Waals surface area contributed by atoms with Crippen molar-refractivity contribution in [2.24, 2.45) is 0 Å². The van der Waals surface area contributed by atoms with Crippen molar-refractivity contribution in [3.8, 4) is 0 Å². The number of halogens is 1. The predicted molar refractivity (Wildman–Crippen MR) is 92.6 cm³/mol. The molecule has 0 bridgehead atoms. The normalized spacial score (nSPS) is 13.6. The molecular weight excluding hydrogens is 330 g/mol. The molecule has 0 spiro atoms. The van der Waals surface area contributed by atoms with E-state index in [4.69, 9.17) is 21.1 Å². The zero-order valence-electron chi connectivity index (χ0n) is 13.8. The fourth-order valence-electron chi connectivity index (χ4n) is 2.57. The minimum Gasteiger partial charge on any atom is -0.379 e. The van der Waals surface area contributed by atoms with Crippen LogP contribution in [0.15, 0.2) is 24.3 Å². The van der Waals surface area contributed by atoms with E-state index >= 15 is 0 Å². The van der Waals surface area contributed by atoms with Crippen molar-refractivity contribution in [3.05, 3.63) is 35.4 Å². The van der Waals surface area contributed by atoms with Gasteiger partial charge in [0.1, 0.15) is 0 Å². The van der Waals surface area contributed by atoms with Gasteiger partial charge in [-0.25, -0.2) is 0 Å². The summed E-state index contributed by atoms with van der Waals surface area (Å²) in [6.45, 7) is 2.31. The Bertz CT molecular complexity index is 515. The molecule has 1 heterocycles. The smallest absolute Gasteiger partial charge is 0.261 e. The quantitative estimate of drug-likeness (QED) is 0.329. The molecule has 2 amide bonds. The number of hydrogen-bond acceptors (Lipinski definition) is 4. The molecule has 6 heteroatoms. The highest BCUT2D eigenvalue weighted by Crippen LogP contribution is 2.21. The van der Waals surface area contributed by atoms with Crippen molar-refractivity contribution in [1.29, 1.82) is 0 Å². The minimum atomic E-state index is -0.243. The largest absolute Gasteiger partial charge is 0.379 e. The molecule has 1 aliphatic heterocycles. The summed E-state index contributed by atoms with van der Waals surface area (Å²) in [6.07, 6.45) is 4.37. The first-order valence-corrected chi connectivity index (χ1v) is 8.96. The summed E-state index contributed by atoms with van der Waals surface area (Å²) < 4.78 is 10.9. The molecule has 0 unspecified atom stereocenters. The maximum atomic E-state index is 12.1. The van der Waals surface area contributed by atoms with Crippen molar-refractivity contribution in [1.82, 2.24) is 4.90 Å². The van der Waals surface area contributed by atoms with Crippen LogP contribution >= 0.6 is 11.6 Å². The lowest BCUT2D eigenvalue weighted by molar-refractivity contribution is 0.0346. The topological polar surface area (TPSA) is 55.8 Å². The van der Waals surface area contributed by atoms with Gasteiger partial charge in [0.2, 0.25) is 0 Å². The van der Waals surface area contributed by atoms with Crippen LogP contribution in [0.25, 0.3) is 0 Å². The molecule has 1 aliphatic rings. The molecule has 0 aromatic heterocycles. The number of unbranched alkanes of at least 4 members (excludes halogenated alkanes) is 3. The molecule has 0 radical (unpaired) electrons. The van der Waals surface area contributed by atoms with E-state index in [1.165, 1.54) is 4.90 Å². The van der Waals surface area contributed by atoms with E-state index in [-0.39, 0.29) is 18.4 Å². The second kappa shape index (κ2) is 10.4. The minimum absolute atomic E-state index is 0.243.